The predicted octanol–water partition coefficient (Wildman–Crippen LogP) is 0.336. The highest BCUT2D eigenvalue weighted by Crippen LogP contribution is 2.18. The largest absolute Gasteiger partial charge is 0.339 e. The van der Waals surface area contributed by atoms with Gasteiger partial charge in [-0.15, -0.1) is 0 Å². The lowest BCUT2D eigenvalue weighted by Gasteiger charge is -2.20. The van der Waals surface area contributed by atoms with Crippen molar-refractivity contribution in [3.63, 3.8) is 0 Å². The smallest absolute Gasteiger partial charge is 0.225 e. The Morgan fingerprint density at radius 2 is 2.12 bits per heavy atom. The fourth-order valence-corrected chi connectivity index (χ4v) is 2.15. The zero-order valence-corrected chi connectivity index (χ0v) is 10.8. The van der Waals surface area contributed by atoms with Crippen LogP contribution in [0.2, 0.25) is 0 Å². The molecular formula is C12H21N5. The molecule has 0 saturated carbocycles. The maximum atomic E-state index is 4.43. The van der Waals surface area contributed by atoms with Crippen molar-refractivity contribution in [3.8, 4) is 0 Å². The molecule has 0 spiro atoms. The number of nitrogens with one attached hydrogen (secondary N) is 1. The van der Waals surface area contributed by atoms with Crippen molar-refractivity contribution in [2.45, 2.75) is 19.0 Å². The van der Waals surface area contributed by atoms with Crippen LogP contribution in [0.5, 0.6) is 0 Å². The number of rotatable bonds is 4. The Bertz CT molecular complexity index is 348. The Kier molecular flexibility index (Phi) is 3.91. The van der Waals surface area contributed by atoms with Crippen LogP contribution in [0.4, 0.5) is 5.95 Å². The van der Waals surface area contributed by atoms with E-state index in [1.807, 2.05) is 19.4 Å². The highest BCUT2D eigenvalue weighted by atomic mass is 15.3. The molecule has 0 aliphatic carbocycles. The molecule has 94 valence electrons. The van der Waals surface area contributed by atoms with Gasteiger partial charge in [-0.1, -0.05) is 0 Å². The van der Waals surface area contributed by atoms with Crippen molar-refractivity contribution in [2.75, 3.05) is 39.1 Å². The number of likely N-dealkylation sites (N-methyl/N-ethyl adjacent to an activating group) is 1. The van der Waals surface area contributed by atoms with Gasteiger partial charge < -0.3 is 15.1 Å². The van der Waals surface area contributed by atoms with Gasteiger partial charge in [-0.25, -0.2) is 9.97 Å². The van der Waals surface area contributed by atoms with Gasteiger partial charge in [-0.2, -0.15) is 0 Å². The maximum Gasteiger partial charge on any atom is 0.225 e. The highest BCUT2D eigenvalue weighted by molar-refractivity contribution is 5.32. The monoisotopic (exact) mass is 235 g/mol. The molecular weight excluding hydrogens is 214 g/mol. The Morgan fingerprint density at radius 3 is 2.65 bits per heavy atom. The summed E-state index contributed by atoms with van der Waals surface area (Å²) in [6.07, 6.45) is 5.00. The van der Waals surface area contributed by atoms with E-state index in [0.29, 0.717) is 6.04 Å². The van der Waals surface area contributed by atoms with Crippen LogP contribution in [-0.4, -0.2) is 55.1 Å². The van der Waals surface area contributed by atoms with Crippen LogP contribution in [0, 0.1) is 0 Å². The quantitative estimate of drug-likeness (QED) is 0.815. The van der Waals surface area contributed by atoms with E-state index in [4.69, 9.17) is 0 Å². The van der Waals surface area contributed by atoms with Gasteiger partial charge in [0.1, 0.15) is 0 Å². The van der Waals surface area contributed by atoms with E-state index in [0.717, 1.165) is 31.1 Å². The summed E-state index contributed by atoms with van der Waals surface area (Å²) in [4.78, 5) is 13.4. The molecule has 1 fully saturated rings. The number of aromatic nitrogens is 2. The first kappa shape index (κ1) is 12.3. The first-order chi connectivity index (χ1) is 8.20. The second kappa shape index (κ2) is 5.42. The molecule has 1 aliphatic heterocycles. The van der Waals surface area contributed by atoms with E-state index in [9.17, 15) is 0 Å². The molecule has 0 bridgehead atoms. The Hall–Kier alpha value is -1.20. The van der Waals surface area contributed by atoms with Crippen molar-refractivity contribution in [3.05, 3.63) is 18.0 Å². The fraction of sp³-hybridized carbons (Fsp3) is 0.667. The first-order valence-corrected chi connectivity index (χ1v) is 6.07. The molecule has 2 heterocycles. The number of nitrogens with zero attached hydrogens (tertiary/aromatic N) is 4. The van der Waals surface area contributed by atoms with Crippen molar-refractivity contribution in [2.24, 2.45) is 0 Å². The molecule has 1 N–H and O–H groups in total. The van der Waals surface area contributed by atoms with E-state index in [-0.39, 0.29) is 0 Å². The van der Waals surface area contributed by atoms with Crippen LogP contribution in [0.3, 0.4) is 0 Å². The van der Waals surface area contributed by atoms with Crippen molar-refractivity contribution in [1.82, 2.24) is 20.2 Å². The number of anilines is 1. The molecule has 0 aromatic carbocycles. The van der Waals surface area contributed by atoms with Crippen LogP contribution in [0.1, 0.15) is 12.0 Å². The molecule has 0 radical (unpaired) electrons. The summed E-state index contributed by atoms with van der Waals surface area (Å²) in [5, 5.41) is 3.09. The predicted molar refractivity (Wildman–Crippen MR) is 69.1 cm³/mol. The van der Waals surface area contributed by atoms with Crippen molar-refractivity contribution in [1.29, 1.82) is 0 Å². The molecule has 17 heavy (non-hydrogen) atoms. The second-order valence-corrected chi connectivity index (χ2v) is 4.77. The third-order valence-corrected chi connectivity index (χ3v) is 3.25. The Morgan fingerprint density at radius 1 is 1.41 bits per heavy atom. The molecule has 1 aromatic heterocycles. The van der Waals surface area contributed by atoms with Crippen LogP contribution in [-0.2, 0) is 6.54 Å². The van der Waals surface area contributed by atoms with Gasteiger partial charge in [0.15, 0.2) is 0 Å². The Labute approximate surface area is 103 Å². The maximum absolute atomic E-state index is 4.43. The lowest BCUT2D eigenvalue weighted by Crippen LogP contribution is -2.32. The minimum atomic E-state index is 0.621. The van der Waals surface area contributed by atoms with E-state index in [2.05, 4.69) is 39.2 Å². The lowest BCUT2D eigenvalue weighted by molar-refractivity contribution is 0.315. The van der Waals surface area contributed by atoms with Gasteiger partial charge >= 0.3 is 0 Å². The molecule has 1 aliphatic rings. The summed E-state index contributed by atoms with van der Waals surface area (Å²) >= 11 is 0. The van der Waals surface area contributed by atoms with E-state index in [1.165, 1.54) is 6.42 Å². The summed E-state index contributed by atoms with van der Waals surface area (Å²) in [5.41, 5.74) is 1.12. The average Bonchev–Trinajstić information content (AvgIpc) is 2.80. The van der Waals surface area contributed by atoms with Gasteiger partial charge in [0.05, 0.1) is 0 Å². The topological polar surface area (TPSA) is 44.3 Å². The van der Waals surface area contributed by atoms with Crippen molar-refractivity contribution < 1.29 is 0 Å². The molecule has 0 amide bonds. The van der Waals surface area contributed by atoms with Crippen LogP contribution >= 0.6 is 0 Å². The first-order valence-electron chi connectivity index (χ1n) is 6.07. The van der Waals surface area contributed by atoms with Gasteiger partial charge in [0.2, 0.25) is 5.95 Å². The molecule has 1 aromatic rings. The third kappa shape index (κ3) is 2.92. The number of hydrogen-bond acceptors (Lipinski definition) is 5. The van der Waals surface area contributed by atoms with Crippen LogP contribution < -0.4 is 10.2 Å². The fourth-order valence-electron chi connectivity index (χ4n) is 2.15. The minimum Gasteiger partial charge on any atom is -0.339 e. The summed E-state index contributed by atoms with van der Waals surface area (Å²) in [7, 11) is 6.19. The second-order valence-electron chi connectivity index (χ2n) is 4.77. The molecule has 1 saturated heterocycles. The van der Waals surface area contributed by atoms with Gasteiger partial charge in [0, 0.05) is 43.6 Å². The molecule has 2 rings (SSSR count). The minimum absolute atomic E-state index is 0.621. The Balaban J connectivity index is 1.99. The highest BCUT2D eigenvalue weighted by Gasteiger charge is 2.25. The van der Waals surface area contributed by atoms with Crippen LogP contribution in [0.25, 0.3) is 0 Å². The van der Waals surface area contributed by atoms with Crippen LogP contribution in [0.15, 0.2) is 12.4 Å². The number of hydrogen-bond donors (Lipinski definition) is 1. The third-order valence-electron chi connectivity index (χ3n) is 3.25. The van der Waals surface area contributed by atoms with E-state index < -0.39 is 0 Å². The SMILES string of the molecule is CNCc1cnc(N2CCC(N(C)C)C2)nc1. The zero-order valence-electron chi connectivity index (χ0n) is 10.8. The van der Waals surface area contributed by atoms with Gasteiger partial charge in [-0.05, 0) is 27.6 Å². The molecule has 1 unspecified atom stereocenters. The average molecular weight is 235 g/mol. The summed E-state index contributed by atoms with van der Waals surface area (Å²) in [6, 6.07) is 0.621. The summed E-state index contributed by atoms with van der Waals surface area (Å²) in [6.45, 7) is 2.90. The van der Waals surface area contributed by atoms with E-state index in [1.54, 1.807) is 0 Å². The zero-order chi connectivity index (χ0) is 12.3. The molecule has 5 heteroatoms. The molecule has 5 nitrogen and oxygen atoms in total. The summed E-state index contributed by atoms with van der Waals surface area (Å²) < 4.78 is 0. The van der Waals surface area contributed by atoms with Crippen molar-refractivity contribution >= 4 is 5.95 Å². The lowest BCUT2D eigenvalue weighted by atomic mass is 10.2. The summed E-state index contributed by atoms with van der Waals surface area (Å²) in [5.74, 6) is 0.856. The standard InChI is InChI=1S/C12H21N5/c1-13-6-10-7-14-12(15-8-10)17-5-4-11(9-17)16(2)3/h7-8,11,13H,4-6,9H2,1-3H3. The van der Waals surface area contributed by atoms with Gasteiger partial charge in [-0.3, -0.25) is 0 Å². The van der Waals surface area contributed by atoms with Gasteiger partial charge in [0.25, 0.3) is 0 Å². The van der Waals surface area contributed by atoms with E-state index >= 15 is 0 Å². The molecule has 1 atom stereocenters. The normalized spacial score (nSPS) is 20.2.